The van der Waals surface area contributed by atoms with E-state index in [1.165, 1.54) is 45.3 Å². The van der Waals surface area contributed by atoms with Crippen LogP contribution in [0.25, 0.3) is 21.9 Å². The average Bonchev–Trinajstić information content (AvgIpc) is 3.27. The van der Waals surface area contributed by atoms with Crippen LogP contribution in [-0.2, 0) is 0 Å². The molecule has 0 radical (unpaired) electrons. The molecule has 4 heterocycles. The van der Waals surface area contributed by atoms with Crippen LogP contribution in [0.5, 0.6) is 0 Å². The monoisotopic (exact) mass is 422 g/mol. The molecule has 0 saturated carbocycles. The summed E-state index contributed by atoms with van der Waals surface area (Å²) in [5, 5.41) is 5.29. The van der Waals surface area contributed by atoms with E-state index in [2.05, 4.69) is 20.1 Å². The Balaban J connectivity index is 1.14. The van der Waals surface area contributed by atoms with E-state index in [-0.39, 0.29) is 11.9 Å². The van der Waals surface area contributed by atoms with Gasteiger partial charge in [0.05, 0.1) is 0 Å². The number of fused-ring (bicyclic) bond motifs is 3. The summed E-state index contributed by atoms with van der Waals surface area (Å²) in [6, 6.07) is 8.26. The van der Waals surface area contributed by atoms with Crippen molar-refractivity contribution in [3.05, 3.63) is 35.7 Å². The molecular weight excluding hydrogens is 388 g/mol. The van der Waals surface area contributed by atoms with Crippen LogP contribution in [0.4, 0.5) is 0 Å². The second-order valence-corrected chi connectivity index (χ2v) is 9.33. The highest BCUT2D eigenvalue weighted by molar-refractivity contribution is 6.07. The molecule has 2 aliphatic heterocycles. The SMILES string of the molecule is Cc1cc2ccc3[nH]c(C(=O)NC4CCN(CCN5CCCCCC5)CC4)cc3c2o1. The highest BCUT2D eigenvalue weighted by Crippen LogP contribution is 2.28. The number of hydrogen-bond donors (Lipinski definition) is 2. The third-order valence-electron chi connectivity index (χ3n) is 7.00. The van der Waals surface area contributed by atoms with Crippen molar-refractivity contribution in [2.24, 2.45) is 0 Å². The first-order chi connectivity index (χ1) is 15.2. The maximum Gasteiger partial charge on any atom is 0.267 e. The van der Waals surface area contributed by atoms with E-state index in [0.29, 0.717) is 5.69 Å². The fourth-order valence-corrected chi connectivity index (χ4v) is 5.16. The van der Waals surface area contributed by atoms with Crippen molar-refractivity contribution >= 4 is 27.8 Å². The maximum absolute atomic E-state index is 12.9. The third-order valence-corrected chi connectivity index (χ3v) is 7.00. The van der Waals surface area contributed by atoms with Crippen LogP contribution in [0, 0.1) is 6.92 Å². The van der Waals surface area contributed by atoms with Gasteiger partial charge in [-0.3, -0.25) is 4.79 Å². The number of likely N-dealkylation sites (tertiary alicyclic amines) is 2. The Bertz CT molecular complexity index is 1040. The van der Waals surface area contributed by atoms with Gasteiger partial charge in [0, 0.05) is 48.5 Å². The molecule has 2 fully saturated rings. The van der Waals surface area contributed by atoms with Gasteiger partial charge in [0.2, 0.25) is 0 Å². The van der Waals surface area contributed by atoms with Gasteiger partial charge in [-0.1, -0.05) is 12.8 Å². The fraction of sp³-hybridized carbons (Fsp3) is 0.560. The zero-order chi connectivity index (χ0) is 21.2. The second-order valence-electron chi connectivity index (χ2n) is 9.33. The molecule has 3 aromatic rings. The smallest absolute Gasteiger partial charge is 0.267 e. The standard InChI is InChI=1S/C25H34N4O2/c1-18-16-19-6-7-22-21(24(19)31-18)17-23(27-22)25(30)26-20-8-12-29(13-9-20)15-14-28-10-4-2-3-5-11-28/h6-7,16-17,20,27H,2-5,8-15H2,1H3,(H,26,30). The Kier molecular flexibility index (Phi) is 6.01. The van der Waals surface area contributed by atoms with Crippen molar-refractivity contribution in [2.45, 2.75) is 51.5 Å². The van der Waals surface area contributed by atoms with Gasteiger partial charge < -0.3 is 24.5 Å². The summed E-state index contributed by atoms with van der Waals surface area (Å²) >= 11 is 0. The number of aryl methyl sites for hydroxylation is 1. The van der Waals surface area contributed by atoms with Gasteiger partial charge in [-0.25, -0.2) is 0 Å². The summed E-state index contributed by atoms with van der Waals surface area (Å²) in [6.45, 7) is 8.96. The molecule has 0 bridgehead atoms. The van der Waals surface area contributed by atoms with Crippen LogP contribution in [0.15, 0.2) is 28.7 Å². The average molecular weight is 423 g/mol. The van der Waals surface area contributed by atoms with Crippen LogP contribution in [-0.4, -0.2) is 66.0 Å². The predicted octanol–water partition coefficient (Wildman–Crippen LogP) is 4.29. The van der Waals surface area contributed by atoms with Gasteiger partial charge in [0.1, 0.15) is 17.0 Å². The van der Waals surface area contributed by atoms with Crippen LogP contribution in [0.1, 0.15) is 54.8 Å². The lowest BCUT2D eigenvalue weighted by molar-refractivity contribution is 0.0902. The van der Waals surface area contributed by atoms with Gasteiger partial charge in [-0.2, -0.15) is 0 Å². The van der Waals surface area contributed by atoms with E-state index in [4.69, 9.17) is 4.42 Å². The van der Waals surface area contributed by atoms with E-state index in [1.807, 2.05) is 31.2 Å². The molecule has 6 nitrogen and oxygen atoms in total. The predicted molar refractivity (Wildman–Crippen MR) is 125 cm³/mol. The normalized spacial score (nSPS) is 19.8. The molecule has 31 heavy (non-hydrogen) atoms. The number of benzene rings is 1. The van der Waals surface area contributed by atoms with E-state index >= 15 is 0 Å². The van der Waals surface area contributed by atoms with Crippen molar-refractivity contribution < 1.29 is 9.21 Å². The molecule has 2 saturated heterocycles. The highest BCUT2D eigenvalue weighted by Gasteiger charge is 2.22. The number of furan rings is 1. The van der Waals surface area contributed by atoms with Gasteiger partial charge in [-0.15, -0.1) is 0 Å². The van der Waals surface area contributed by atoms with Gasteiger partial charge in [-0.05, 0) is 70.0 Å². The van der Waals surface area contributed by atoms with Crippen LogP contribution < -0.4 is 5.32 Å². The summed E-state index contributed by atoms with van der Waals surface area (Å²) < 4.78 is 5.85. The molecule has 0 unspecified atom stereocenters. The second kappa shape index (κ2) is 9.05. The minimum atomic E-state index is -0.0179. The van der Waals surface area contributed by atoms with Crippen molar-refractivity contribution in [1.29, 1.82) is 0 Å². The van der Waals surface area contributed by atoms with Crippen molar-refractivity contribution in [1.82, 2.24) is 20.1 Å². The number of aromatic nitrogens is 1. The van der Waals surface area contributed by atoms with Crippen molar-refractivity contribution in [2.75, 3.05) is 39.3 Å². The number of aromatic amines is 1. The molecule has 6 heteroatoms. The molecule has 0 aliphatic carbocycles. The molecule has 1 aromatic carbocycles. The molecule has 0 atom stereocenters. The maximum atomic E-state index is 12.9. The zero-order valence-corrected chi connectivity index (χ0v) is 18.6. The Morgan fingerprint density at radius 3 is 2.48 bits per heavy atom. The number of rotatable bonds is 5. The molecule has 1 amide bonds. The van der Waals surface area contributed by atoms with Crippen LogP contribution >= 0.6 is 0 Å². The molecule has 166 valence electrons. The first kappa shape index (κ1) is 20.6. The number of amides is 1. The number of carbonyl (C=O) groups excluding carboxylic acids is 1. The number of piperidine rings is 1. The molecule has 5 rings (SSSR count). The van der Waals surface area contributed by atoms with Gasteiger partial charge >= 0.3 is 0 Å². The first-order valence-corrected chi connectivity index (χ1v) is 11.9. The molecule has 2 aromatic heterocycles. The summed E-state index contributed by atoms with van der Waals surface area (Å²) in [7, 11) is 0. The van der Waals surface area contributed by atoms with E-state index in [0.717, 1.165) is 60.1 Å². The molecular formula is C25H34N4O2. The molecule has 2 aliphatic rings. The summed E-state index contributed by atoms with van der Waals surface area (Å²) in [6.07, 6.45) is 7.54. The Morgan fingerprint density at radius 2 is 1.74 bits per heavy atom. The van der Waals surface area contributed by atoms with Crippen molar-refractivity contribution in [3.63, 3.8) is 0 Å². The number of carbonyl (C=O) groups is 1. The zero-order valence-electron chi connectivity index (χ0n) is 18.6. The Hall–Kier alpha value is -2.31. The summed E-state index contributed by atoms with van der Waals surface area (Å²) in [5.74, 6) is 0.868. The lowest BCUT2D eigenvalue weighted by Crippen LogP contribution is -2.46. The minimum absolute atomic E-state index is 0.0179. The third kappa shape index (κ3) is 4.65. The van der Waals surface area contributed by atoms with E-state index < -0.39 is 0 Å². The first-order valence-electron chi connectivity index (χ1n) is 11.9. The lowest BCUT2D eigenvalue weighted by Gasteiger charge is -2.33. The summed E-state index contributed by atoms with van der Waals surface area (Å²) in [5.41, 5.74) is 2.40. The topological polar surface area (TPSA) is 64.5 Å². The van der Waals surface area contributed by atoms with E-state index in [1.54, 1.807) is 0 Å². The Morgan fingerprint density at radius 1 is 1.03 bits per heavy atom. The summed E-state index contributed by atoms with van der Waals surface area (Å²) in [4.78, 5) is 21.3. The number of hydrogen-bond acceptors (Lipinski definition) is 4. The Labute approximate surface area is 183 Å². The molecule has 0 spiro atoms. The number of nitrogens with one attached hydrogen (secondary N) is 2. The van der Waals surface area contributed by atoms with Gasteiger partial charge in [0.25, 0.3) is 5.91 Å². The van der Waals surface area contributed by atoms with Gasteiger partial charge in [0.15, 0.2) is 0 Å². The lowest BCUT2D eigenvalue weighted by atomic mass is 10.0. The van der Waals surface area contributed by atoms with E-state index in [9.17, 15) is 4.79 Å². The molecule has 2 N–H and O–H groups in total. The van der Waals surface area contributed by atoms with Crippen LogP contribution in [0.3, 0.4) is 0 Å². The quantitative estimate of drug-likeness (QED) is 0.644. The number of nitrogens with zero attached hydrogens (tertiary/aromatic N) is 2. The van der Waals surface area contributed by atoms with Crippen LogP contribution in [0.2, 0.25) is 0 Å². The minimum Gasteiger partial charge on any atom is -0.461 e. The number of H-pyrrole nitrogens is 1. The largest absolute Gasteiger partial charge is 0.461 e. The van der Waals surface area contributed by atoms with Crippen molar-refractivity contribution in [3.8, 4) is 0 Å². The fourth-order valence-electron chi connectivity index (χ4n) is 5.16. The highest BCUT2D eigenvalue weighted by atomic mass is 16.3.